The number of methoxy groups -OCH3 is 1. The fourth-order valence-corrected chi connectivity index (χ4v) is 2.92. The summed E-state index contributed by atoms with van der Waals surface area (Å²) in [6.45, 7) is 8.89. The van der Waals surface area contributed by atoms with Crippen molar-refractivity contribution in [1.82, 2.24) is 15.5 Å². The topological polar surface area (TPSA) is 62.8 Å². The van der Waals surface area contributed by atoms with Crippen LogP contribution in [0.3, 0.4) is 0 Å². The van der Waals surface area contributed by atoms with Gasteiger partial charge in [-0.05, 0) is 23.6 Å². The predicted molar refractivity (Wildman–Crippen MR) is 94.3 cm³/mol. The second-order valence-corrected chi connectivity index (χ2v) is 6.37. The van der Waals surface area contributed by atoms with Gasteiger partial charge < -0.3 is 20.1 Å². The van der Waals surface area contributed by atoms with E-state index in [1.807, 2.05) is 24.3 Å². The van der Waals surface area contributed by atoms with E-state index in [0.717, 1.165) is 37.6 Å². The zero-order valence-electron chi connectivity index (χ0n) is 14.9. The molecular weight excluding hydrogens is 306 g/mol. The molecule has 2 rings (SSSR count). The van der Waals surface area contributed by atoms with Gasteiger partial charge in [0, 0.05) is 32.2 Å². The molecule has 24 heavy (non-hydrogen) atoms. The second-order valence-electron chi connectivity index (χ2n) is 6.37. The normalized spacial score (nSPS) is 16.7. The first-order chi connectivity index (χ1) is 11.6. The number of benzene rings is 1. The third-order valence-electron chi connectivity index (χ3n) is 4.34. The van der Waals surface area contributed by atoms with Crippen molar-refractivity contribution in [3.05, 3.63) is 29.8 Å². The van der Waals surface area contributed by atoms with E-state index in [1.165, 1.54) is 0 Å². The monoisotopic (exact) mass is 335 g/mol. The molecule has 0 spiro atoms. The fourth-order valence-electron chi connectivity index (χ4n) is 2.92. The molecule has 0 aromatic heterocycles. The van der Waals surface area contributed by atoms with Crippen molar-refractivity contribution in [2.75, 3.05) is 40.0 Å². The van der Waals surface area contributed by atoms with Crippen molar-refractivity contribution < 1.29 is 14.3 Å². The Morgan fingerprint density at radius 2 is 2.04 bits per heavy atom. The molecule has 1 aliphatic rings. The van der Waals surface area contributed by atoms with E-state index in [1.54, 1.807) is 7.11 Å². The Balaban J connectivity index is 1.78. The first-order valence-electron chi connectivity index (χ1n) is 8.56. The van der Waals surface area contributed by atoms with Gasteiger partial charge in [-0.3, -0.25) is 4.90 Å². The molecule has 1 fully saturated rings. The Morgan fingerprint density at radius 3 is 2.71 bits per heavy atom. The quantitative estimate of drug-likeness (QED) is 0.798. The minimum atomic E-state index is -0.142. The summed E-state index contributed by atoms with van der Waals surface area (Å²) >= 11 is 0. The average Bonchev–Trinajstić information content (AvgIpc) is 2.61. The summed E-state index contributed by atoms with van der Waals surface area (Å²) in [5.41, 5.74) is 1.01. The number of rotatable bonds is 7. The van der Waals surface area contributed by atoms with Crippen molar-refractivity contribution >= 4 is 6.03 Å². The van der Waals surface area contributed by atoms with Gasteiger partial charge in [0.1, 0.15) is 5.75 Å². The van der Waals surface area contributed by atoms with Crippen LogP contribution in [0, 0.1) is 5.92 Å². The Hall–Kier alpha value is -1.79. The molecule has 0 bridgehead atoms. The highest BCUT2D eigenvalue weighted by atomic mass is 16.5. The Bertz CT molecular complexity index is 516. The van der Waals surface area contributed by atoms with Gasteiger partial charge in [0.15, 0.2) is 0 Å². The SMILES string of the molecule is COc1cccc(CNC(=O)NCC(C(C)C)N2CCOCC2)c1. The van der Waals surface area contributed by atoms with Crippen LogP contribution in [0.4, 0.5) is 4.79 Å². The van der Waals surface area contributed by atoms with Crippen molar-refractivity contribution in [1.29, 1.82) is 0 Å². The van der Waals surface area contributed by atoms with Crippen molar-refractivity contribution in [3.63, 3.8) is 0 Å². The highest BCUT2D eigenvalue weighted by Crippen LogP contribution is 2.13. The number of nitrogens with zero attached hydrogens (tertiary/aromatic N) is 1. The molecule has 2 amide bonds. The van der Waals surface area contributed by atoms with Gasteiger partial charge in [-0.15, -0.1) is 0 Å². The lowest BCUT2D eigenvalue weighted by Gasteiger charge is -2.36. The highest BCUT2D eigenvalue weighted by Gasteiger charge is 2.24. The fraction of sp³-hybridized carbons (Fsp3) is 0.611. The molecule has 0 radical (unpaired) electrons. The van der Waals surface area contributed by atoms with E-state index < -0.39 is 0 Å². The zero-order valence-corrected chi connectivity index (χ0v) is 14.9. The summed E-state index contributed by atoms with van der Waals surface area (Å²) in [6.07, 6.45) is 0. The maximum Gasteiger partial charge on any atom is 0.315 e. The van der Waals surface area contributed by atoms with Gasteiger partial charge >= 0.3 is 6.03 Å². The summed E-state index contributed by atoms with van der Waals surface area (Å²) < 4.78 is 10.6. The predicted octanol–water partition coefficient (Wildman–Crippen LogP) is 1.85. The number of amides is 2. The molecule has 1 aliphatic heterocycles. The lowest BCUT2D eigenvalue weighted by molar-refractivity contribution is 0.00719. The summed E-state index contributed by atoms with van der Waals surface area (Å²) in [7, 11) is 1.64. The summed E-state index contributed by atoms with van der Waals surface area (Å²) in [4.78, 5) is 14.5. The van der Waals surface area contributed by atoms with Crippen molar-refractivity contribution in [3.8, 4) is 5.75 Å². The molecule has 1 aromatic carbocycles. The van der Waals surface area contributed by atoms with Crippen LogP contribution < -0.4 is 15.4 Å². The first kappa shape index (κ1) is 18.5. The van der Waals surface area contributed by atoms with Gasteiger partial charge in [0.25, 0.3) is 0 Å². The van der Waals surface area contributed by atoms with Crippen LogP contribution >= 0.6 is 0 Å². The van der Waals surface area contributed by atoms with Gasteiger partial charge in [-0.25, -0.2) is 4.79 Å². The van der Waals surface area contributed by atoms with Crippen LogP contribution in [-0.4, -0.2) is 56.9 Å². The van der Waals surface area contributed by atoms with E-state index in [2.05, 4.69) is 29.4 Å². The van der Waals surface area contributed by atoms with Crippen LogP contribution in [0.5, 0.6) is 5.75 Å². The Labute approximate surface area is 144 Å². The molecule has 1 heterocycles. The molecule has 6 nitrogen and oxygen atoms in total. The van der Waals surface area contributed by atoms with Gasteiger partial charge in [0.2, 0.25) is 0 Å². The van der Waals surface area contributed by atoms with E-state index in [9.17, 15) is 4.79 Å². The standard InChI is InChI=1S/C18H29N3O3/c1-14(2)17(21-7-9-24-10-8-21)13-20-18(22)19-12-15-5-4-6-16(11-15)23-3/h4-6,11,14,17H,7-10,12-13H2,1-3H3,(H2,19,20,22). The van der Waals surface area contributed by atoms with Crippen LogP contribution in [0.2, 0.25) is 0 Å². The van der Waals surface area contributed by atoms with Gasteiger partial charge in [0.05, 0.1) is 20.3 Å². The lowest BCUT2D eigenvalue weighted by Crippen LogP contribution is -2.52. The molecule has 0 aliphatic carbocycles. The second kappa shape index (κ2) is 9.49. The van der Waals surface area contributed by atoms with E-state index >= 15 is 0 Å². The van der Waals surface area contributed by atoms with Crippen LogP contribution in [-0.2, 0) is 11.3 Å². The maximum atomic E-state index is 12.1. The zero-order chi connectivity index (χ0) is 17.4. The van der Waals surface area contributed by atoms with Gasteiger partial charge in [-0.1, -0.05) is 26.0 Å². The minimum absolute atomic E-state index is 0.142. The van der Waals surface area contributed by atoms with Crippen LogP contribution in [0.25, 0.3) is 0 Å². The van der Waals surface area contributed by atoms with E-state index in [4.69, 9.17) is 9.47 Å². The number of urea groups is 1. The number of carbonyl (C=O) groups excluding carboxylic acids is 1. The third-order valence-corrected chi connectivity index (χ3v) is 4.34. The number of carbonyl (C=O) groups is 1. The smallest absolute Gasteiger partial charge is 0.315 e. The Morgan fingerprint density at radius 1 is 1.29 bits per heavy atom. The van der Waals surface area contributed by atoms with Crippen molar-refractivity contribution in [2.24, 2.45) is 5.92 Å². The highest BCUT2D eigenvalue weighted by molar-refractivity contribution is 5.73. The summed E-state index contributed by atoms with van der Waals surface area (Å²) in [6, 6.07) is 7.88. The maximum absolute atomic E-state index is 12.1. The van der Waals surface area contributed by atoms with E-state index in [0.29, 0.717) is 25.0 Å². The minimum Gasteiger partial charge on any atom is -0.497 e. The molecule has 0 saturated carbocycles. The largest absolute Gasteiger partial charge is 0.497 e. The number of hydrogen-bond donors (Lipinski definition) is 2. The number of hydrogen-bond acceptors (Lipinski definition) is 4. The number of nitrogens with one attached hydrogen (secondary N) is 2. The molecule has 134 valence electrons. The molecular formula is C18H29N3O3. The first-order valence-corrected chi connectivity index (χ1v) is 8.56. The molecule has 1 saturated heterocycles. The van der Waals surface area contributed by atoms with Gasteiger partial charge in [-0.2, -0.15) is 0 Å². The van der Waals surface area contributed by atoms with Crippen molar-refractivity contribution in [2.45, 2.75) is 26.4 Å². The summed E-state index contributed by atoms with van der Waals surface area (Å²) in [5, 5.41) is 5.90. The molecule has 2 N–H and O–H groups in total. The van der Waals surface area contributed by atoms with Crippen LogP contribution in [0.15, 0.2) is 24.3 Å². The Kier molecular flexibility index (Phi) is 7.34. The number of morpholine rings is 1. The molecule has 6 heteroatoms. The number of ether oxygens (including phenoxy) is 2. The molecule has 1 atom stereocenters. The summed E-state index contributed by atoms with van der Waals surface area (Å²) in [5.74, 6) is 1.27. The average molecular weight is 335 g/mol. The van der Waals surface area contributed by atoms with E-state index in [-0.39, 0.29) is 6.03 Å². The molecule has 1 unspecified atom stereocenters. The third kappa shape index (κ3) is 5.69. The lowest BCUT2D eigenvalue weighted by atomic mass is 10.0. The van der Waals surface area contributed by atoms with Crippen LogP contribution in [0.1, 0.15) is 19.4 Å². The molecule has 1 aromatic rings.